The molecule has 2 aliphatic heterocycles. The van der Waals surface area contributed by atoms with E-state index in [1.54, 1.807) is 43.6 Å². The highest BCUT2D eigenvalue weighted by molar-refractivity contribution is 5.94. The molecule has 3 atom stereocenters. The Kier molecular flexibility index (Phi) is 6.04. The Balaban J connectivity index is 1.10. The number of carbonyl (C=O) groups is 2. The second-order valence-electron chi connectivity index (χ2n) is 10.5. The van der Waals surface area contributed by atoms with Gasteiger partial charge in [-0.2, -0.15) is 4.80 Å². The highest BCUT2D eigenvalue weighted by atomic mass is 16.3. The van der Waals surface area contributed by atoms with Crippen molar-refractivity contribution in [1.82, 2.24) is 40.0 Å². The highest BCUT2D eigenvalue weighted by Gasteiger charge is 2.50. The number of hydrogen-bond donors (Lipinski definition) is 1. The molecule has 2 saturated heterocycles. The lowest BCUT2D eigenvalue weighted by Crippen LogP contribution is -2.58. The van der Waals surface area contributed by atoms with Gasteiger partial charge < -0.3 is 14.6 Å². The molecule has 12 nitrogen and oxygen atoms in total. The summed E-state index contributed by atoms with van der Waals surface area (Å²) < 4.78 is 5.94. The van der Waals surface area contributed by atoms with Gasteiger partial charge in [0.2, 0.25) is 11.8 Å². The average Bonchev–Trinajstić information content (AvgIpc) is 3.67. The van der Waals surface area contributed by atoms with E-state index in [1.165, 1.54) is 11.7 Å². The fourth-order valence-corrected chi connectivity index (χ4v) is 5.84. The Labute approximate surface area is 235 Å². The number of anilines is 1. The summed E-state index contributed by atoms with van der Waals surface area (Å²) in [5.74, 6) is 1.11. The third kappa shape index (κ3) is 4.61. The molecule has 5 heterocycles. The summed E-state index contributed by atoms with van der Waals surface area (Å²) in [5, 5.41) is 15.6. The van der Waals surface area contributed by atoms with Gasteiger partial charge in [0.1, 0.15) is 11.2 Å². The zero-order valence-corrected chi connectivity index (χ0v) is 22.5. The topological polar surface area (TPSA) is 135 Å². The number of aryl methyl sites for hydroxylation is 1. The maximum atomic E-state index is 13.6. The van der Waals surface area contributed by atoms with Crippen molar-refractivity contribution in [3.05, 3.63) is 83.9 Å². The summed E-state index contributed by atoms with van der Waals surface area (Å²) in [7, 11) is 1.76. The quantitative estimate of drug-likeness (QED) is 0.339. The van der Waals surface area contributed by atoms with E-state index in [-0.39, 0.29) is 23.9 Å². The van der Waals surface area contributed by atoms with Gasteiger partial charge in [0, 0.05) is 49.9 Å². The lowest BCUT2D eigenvalue weighted by molar-refractivity contribution is -0.114. The van der Waals surface area contributed by atoms with Crippen molar-refractivity contribution in [3.63, 3.8) is 0 Å². The number of fused-ring (bicyclic) bond motifs is 2. The summed E-state index contributed by atoms with van der Waals surface area (Å²) in [6.07, 6.45) is 1.60. The first-order valence-corrected chi connectivity index (χ1v) is 13.4. The van der Waals surface area contributed by atoms with Gasteiger partial charge in [0.25, 0.3) is 5.91 Å². The van der Waals surface area contributed by atoms with Crippen LogP contribution in [0.5, 0.6) is 0 Å². The monoisotopic (exact) mass is 549 g/mol. The highest BCUT2D eigenvalue weighted by Crippen LogP contribution is 2.39. The first-order valence-electron chi connectivity index (χ1n) is 13.4. The molecule has 2 aliphatic rings. The minimum Gasteiger partial charge on any atom is -0.436 e. The molecular formula is C29H27N9O3. The van der Waals surface area contributed by atoms with Crippen LogP contribution in [0.15, 0.2) is 71.3 Å². The van der Waals surface area contributed by atoms with Crippen LogP contribution in [-0.2, 0) is 11.8 Å². The smallest absolute Gasteiger partial charge is 0.272 e. The van der Waals surface area contributed by atoms with Gasteiger partial charge in [-0.25, -0.2) is 4.98 Å². The van der Waals surface area contributed by atoms with Gasteiger partial charge in [-0.05, 0) is 41.1 Å². The molecule has 2 fully saturated rings. The summed E-state index contributed by atoms with van der Waals surface area (Å²) in [6, 6.07) is 18.9. The van der Waals surface area contributed by atoms with Crippen molar-refractivity contribution in [3.8, 4) is 11.5 Å². The number of likely N-dealkylation sites (tertiary alicyclic amines) is 2. The maximum absolute atomic E-state index is 13.6. The minimum absolute atomic E-state index is 0.0763. The number of tetrazole rings is 1. The standard InChI is InChI=1S/C29H27N9O3/c1-17(39)31-21-8-9-25-22(13-21)32-28(41-25)19-10-11-30-23(12-19)29(40)38-15-20-14-37(16-24(20)38)26(18-6-4-3-5-7-18)27-33-35-36(2)34-27/h3-13,20,24,26H,14-16H2,1-2H3,(H,31,39). The molecule has 206 valence electrons. The van der Waals surface area contributed by atoms with Crippen molar-refractivity contribution < 1.29 is 14.0 Å². The SMILES string of the molecule is CC(=O)Nc1ccc2oc(-c3ccnc(C(=O)N4CC5CN(C(c6ccccc6)c6nnn(C)n6)CC54)c3)nc2c1. The summed E-state index contributed by atoms with van der Waals surface area (Å²) in [6.45, 7) is 3.66. The number of oxazole rings is 1. The van der Waals surface area contributed by atoms with E-state index in [4.69, 9.17) is 4.42 Å². The number of hydrogen-bond acceptors (Lipinski definition) is 9. The van der Waals surface area contributed by atoms with E-state index in [0.717, 1.165) is 12.1 Å². The second-order valence-corrected chi connectivity index (χ2v) is 10.5. The molecule has 2 amide bonds. The summed E-state index contributed by atoms with van der Waals surface area (Å²) in [5.41, 5.74) is 3.92. The van der Waals surface area contributed by atoms with Gasteiger partial charge in [0.05, 0.1) is 19.1 Å². The lowest BCUT2D eigenvalue weighted by atomic mass is 9.91. The van der Waals surface area contributed by atoms with Crippen molar-refractivity contribution in [2.45, 2.75) is 19.0 Å². The molecule has 7 rings (SSSR count). The summed E-state index contributed by atoms with van der Waals surface area (Å²) in [4.78, 5) is 39.7. The van der Waals surface area contributed by atoms with Crippen LogP contribution in [0.1, 0.15) is 34.8 Å². The molecular weight excluding hydrogens is 522 g/mol. The third-order valence-corrected chi connectivity index (χ3v) is 7.71. The number of nitrogens with one attached hydrogen (secondary N) is 1. The van der Waals surface area contributed by atoms with Gasteiger partial charge in [0.15, 0.2) is 11.4 Å². The first-order chi connectivity index (χ1) is 19.9. The second kappa shape index (κ2) is 9.89. The zero-order valence-electron chi connectivity index (χ0n) is 22.5. The molecule has 0 aliphatic carbocycles. The molecule has 5 aromatic rings. The zero-order chi connectivity index (χ0) is 28.1. The van der Waals surface area contributed by atoms with Crippen LogP contribution in [0.3, 0.4) is 0 Å². The van der Waals surface area contributed by atoms with Crippen molar-refractivity contribution in [2.75, 3.05) is 25.0 Å². The minimum atomic E-state index is -0.162. The summed E-state index contributed by atoms with van der Waals surface area (Å²) >= 11 is 0. The fraction of sp³-hybridized carbons (Fsp3) is 0.276. The number of carbonyl (C=O) groups excluding carboxylic acids is 2. The van der Waals surface area contributed by atoms with Crippen LogP contribution in [0.2, 0.25) is 0 Å². The van der Waals surface area contributed by atoms with Gasteiger partial charge >= 0.3 is 0 Å². The molecule has 1 N–H and O–H groups in total. The Hall–Kier alpha value is -4.97. The third-order valence-electron chi connectivity index (χ3n) is 7.71. The van der Waals surface area contributed by atoms with Gasteiger partial charge in [-0.1, -0.05) is 30.3 Å². The van der Waals surface area contributed by atoms with Crippen LogP contribution < -0.4 is 5.32 Å². The van der Waals surface area contributed by atoms with E-state index in [2.05, 4.69) is 47.7 Å². The number of nitrogens with zero attached hydrogens (tertiary/aromatic N) is 8. The number of benzene rings is 2. The maximum Gasteiger partial charge on any atom is 0.272 e. The Morgan fingerprint density at radius 2 is 1.90 bits per heavy atom. The first kappa shape index (κ1) is 25.0. The molecule has 12 heteroatoms. The van der Waals surface area contributed by atoms with Crippen LogP contribution in [0.4, 0.5) is 5.69 Å². The number of pyridine rings is 1. The van der Waals surface area contributed by atoms with E-state index in [9.17, 15) is 9.59 Å². The van der Waals surface area contributed by atoms with E-state index < -0.39 is 0 Å². The molecule has 0 radical (unpaired) electrons. The largest absolute Gasteiger partial charge is 0.436 e. The number of rotatable bonds is 6. The fourth-order valence-electron chi connectivity index (χ4n) is 5.84. The lowest BCUT2D eigenvalue weighted by Gasteiger charge is -2.43. The van der Waals surface area contributed by atoms with Crippen molar-refractivity contribution >= 4 is 28.6 Å². The Morgan fingerprint density at radius 1 is 1.05 bits per heavy atom. The van der Waals surface area contributed by atoms with E-state index in [1.807, 2.05) is 23.1 Å². The van der Waals surface area contributed by atoms with Crippen molar-refractivity contribution in [2.24, 2.45) is 13.0 Å². The average molecular weight is 550 g/mol. The normalized spacial score (nSPS) is 19.1. The van der Waals surface area contributed by atoms with Crippen LogP contribution >= 0.6 is 0 Å². The predicted octanol–water partition coefficient (Wildman–Crippen LogP) is 2.92. The molecule has 41 heavy (non-hydrogen) atoms. The molecule has 3 aromatic heterocycles. The van der Waals surface area contributed by atoms with Crippen LogP contribution in [0.25, 0.3) is 22.6 Å². The molecule has 0 saturated carbocycles. The molecule has 0 spiro atoms. The Bertz CT molecular complexity index is 1770. The Morgan fingerprint density at radius 3 is 2.68 bits per heavy atom. The van der Waals surface area contributed by atoms with Gasteiger partial charge in [-0.15, -0.1) is 10.2 Å². The molecule has 2 aromatic carbocycles. The van der Waals surface area contributed by atoms with Crippen LogP contribution in [0, 0.1) is 5.92 Å². The number of amides is 2. The van der Waals surface area contributed by atoms with Crippen molar-refractivity contribution in [1.29, 1.82) is 0 Å². The van der Waals surface area contributed by atoms with E-state index >= 15 is 0 Å². The molecule has 3 unspecified atom stereocenters. The van der Waals surface area contributed by atoms with Gasteiger partial charge in [-0.3, -0.25) is 19.5 Å². The predicted molar refractivity (Wildman–Crippen MR) is 149 cm³/mol. The number of aromatic nitrogens is 6. The van der Waals surface area contributed by atoms with E-state index in [0.29, 0.717) is 58.8 Å². The van der Waals surface area contributed by atoms with Crippen LogP contribution in [-0.4, -0.2) is 77.5 Å². The molecule has 0 bridgehead atoms.